The van der Waals surface area contributed by atoms with Gasteiger partial charge in [-0.2, -0.15) is 11.8 Å². The summed E-state index contributed by atoms with van der Waals surface area (Å²) in [5, 5.41) is 9.51. The highest BCUT2D eigenvalue weighted by Gasteiger charge is 2.12. The number of aliphatic hydroxyl groups excluding tert-OH is 1. The fourth-order valence-corrected chi connectivity index (χ4v) is 5.36. The second-order valence-electron chi connectivity index (χ2n) is 8.93. The van der Waals surface area contributed by atoms with Gasteiger partial charge in [-0.15, -0.1) is 0 Å². The van der Waals surface area contributed by atoms with E-state index < -0.39 is 0 Å². The Kier molecular flexibility index (Phi) is 19.3. The third-order valence-electron chi connectivity index (χ3n) is 6.23. The summed E-state index contributed by atoms with van der Waals surface area (Å²) < 4.78 is 5.88. The molecule has 1 atom stereocenters. The monoisotopic (exact) mass is 414 g/mol. The molecule has 2 nitrogen and oxygen atoms in total. The zero-order valence-electron chi connectivity index (χ0n) is 19.0. The molecule has 168 valence electrons. The Balaban J connectivity index is 1.81. The predicted molar refractivity (Wildman–Crippen MR) is 126 cm³/mol. The SMILES string of the molecule is CCCCCCCCCCO[C@@H](CO)CSCCCCCCC1CCCCC1. The van der Waals surface area contributed by atoms with Gasteiger partial charge in [0.1, 0.15) is 0 Å². The third kappa shape index (κ3) is 16.1. The minimum atomic E-state index is 0.0425. The molecule has 0 bridgehead atoms. The topological polar surface area (TPSA) is 29.5 Å². The van der Waals surface area contributed by atoms with Crippen molar-refractivity contribution in [3.05, 3.63) is 0 Å². The fourth-order valence-electron chi connectivity index (χ4n) is 4.32. The zero-order valence-corrected chi connectivity index (χ0v) is 19.8. The summed E-state index contributed by atoms with van der Waals surface area (Å²) in [7, 11) is 0. The molecule has 0 aliphatic heterocycles. The van der Waals surface area contributed by atoms with Crippen molar-refractivity contribution >= 4 is 11.8 Å². The van der Waals surface area contributed by atoms with Gasteiger partial charge in [0.25, 0.3) is 0 Å². The molecule has 0 heterocycles. The van der Waals surface area contributed by atoms with Crippen LogP contribution in [0.3, 0.4) is 0 Å². The molecular weight excluding hydrogens is 364 g/mol. The molecule has 0 aromatic rings. The Labute approximate surface area is 181 Å². The fraction of sp³-hybridized carbons (Fsp3) is 1.00. The molecule has 0 saturated heterocycles. The second-order valence-corrected chi connectivity index (χ2v) is 10.1. The summed E-state index contributed by atoms with van der Waals surface area (Å²) in [6, 6.07) is 0. The Hall–Kier alpha value is 0.270. The van der Waals surface area contributed by atoms with Gasteiger partial charge in [0, 0.05) is 12.4 Å². The highest BCUT2D eigenvalue weighted by molar-refractivity contribution is 7.99. The van der Waals surface area contributed by atoms with E-state index in [9.17, 15) is 5.11 Å². The number of unbranched alkanes of at least 4 members (excludes halogenated alkanes) is 10. The van der Waals surface area contributed by atoms with Gasteiger partial charge in [-0.3, -0.25) is 0 Å². The van der Waals surface area contributed by atoms with Crippen molar-refractivity contribution in [3.63, 3.8) is 0 Å². The summed E-state index contributed by atoms with van der Waals surface area (Å²) in [4.78, 5) is 0. The molecule has 3 heteroatoms. The molecule has 1 fully saturated rings. The molecule has 28 heavy (non-hydrogen) atoms. The van der Waals surface area contributed by atoms with Crippen molar-refractivity contribution in [2.24, 2.45) is 5.92 Å². The number of hydrogen-bond acceptors (Lipinski definition) is 3. The smallest absolute Gasteiger partial charge is 0.0895 e. The van der Waals surface area contributed by atoms with Crippen molar-refractivity contribution in [1.29, 1.82) is 0 Å². The van der Waals surface area contributed by atoms with Crippen LogP contribution in [0.2, 0.25) is 0 Å². The van der Waals surface area contributed by atoms with Gasteiger partial charge >= 0.3 is 0 Å². The van der Waals surface area contributed by atoms with Crippen molar-refractivity contribution in [1.82, 2.24) is 0 Å². The zero-order chi connectivity index (χ0) is 20.1. The van der Waals surface area contributed by atoms with Crippen LogP contribution >= 0.6 is 11.8 Å². The van der Waals surface area contributed by atoms with E-state index in [1.54, 1.807) is 0 Å². The molecule has 1 aliphatic rings. The molecule has 0 aromatic carbocycles. The molecule has 0 spiro atoms. The Morgan fingerprint density at radius 2 is 1.46 bits per heavy atom. The molecule has 0 unspecified atom stereocenters. The van der Waals surface area contributed by atoms with Crippen LogP contribution in [-0.4, -0.2) is 35.9 Å². The normalized spacial score (nSPS) is 16.5. The summed E-state index contributed by atoms with van der Waals surface area (Å²) in [5.41, 5.74) is 0. The number of thioether (sulfide) groups is 1. The molecule has 1 rings (SSSR count). The summed E-state index contributed by atoms with van der Waals surface area (Å²) >= 11 is 1.97. The molecule has 0 amide bonds. The van der Waals surface area contributed by atoms with Crippen LogP contribution in [0.25, 0.3) is 0 Å². The van der Waals surface area contributed by atoms with Crippen LogP contribution in [-0.2, 0) is 4.74 Å². The Morgan fingerprint density at radius 1 is 0.821 bits per heavy atom. The quantitative estimate of drug-likeness (QED) is 0.206. The first-order chi connectivity index (χ1) is 13.9. The molecule has 1 N–H and O–H groups in total. The van der Waals surface area contributed by atoms with Crippen molar-refractivity contribution in [3.8, 4) is 0 Å². The first-order valence-corrected chi connectivity index (χ1v) is 13.8. The molecule has 0 aromatic heterocycles. The van der Waals surface area contributed by atoms with E-state index in [2.05, 4.69) is 6.92 Å². The van der Waals surface area contributed by atoms with Crippen molar-refractivity contribution < 1.29 is 9.84 Å². The van der Waals surface area contributed by atoms with Gasteiger partial charge in [-0.05, 0) is 24.5 Å². The van der Waals surface area contributed by atoms with E-state index in [0.29, 0.717) is 0 Å². The van der Waals surface area contributed by atoms with E-state index >= 15 is 0 Å². The number of hydrogen-bond donors (Lipinski definition) is 1. The maximum atomic E-state index is 9.51. The Morgan fingerprint density at radius 3 is 2.18 bits per heavy atom. The lowest BCUT2D eigenvalue weighted by Gasteiger charge is -2.21. The first kappa shape index (κ1) is 26.3. The molecule has 1 saturated carbocycles. The molecule has 0 radical (unpaired) electrons. The van der Waals surface area contributed by atoms with Crippen LogP contribution in [0.15, 0.2) is 0 Å². The van der Waals surface area contributed by atoms with Crippen LogP contribution in [0, 0.1) is 5.92 Å². The summed E-state index contributed by atoms with van der Waals surface area (Å²) in [6.45, 7) is 3.26. The van der Waals surface area contributed by atoms with Crippen LogP contribution in [0.1, 0.15) is 122 Å². The van der Waals surface area contributed by atoms with E-state index in [4.69, 9.17) is 4.74 Å². The van der Waals surface area contributed by atoms with Crippen LogP contribution in [0.5, 0.6) is 0 Å². The van der Waals surface area contributed by atoms with E-state index in [1.807, 2.05) is 11.8 Å². The van der Waals surface area contributed by atoms with Crippen LogP contribution < -0.4 is 0 Å². The predicted octanol–water partition coefficient (Wildman–Crippen LogP) is 7.77. The van der Waals surface area contributed by atoms with E-state index in [-0.39, 0.29) is 12.7 Å². The highest BCUT2D eigenvalue weighted by atomic mass is 32.2. The van der Waals surface area contributed by atoms with Gasteiger partial charge < -0.3 is 9.84 Å². The van der Waals surface area contributed by atoms with Crippen LogP contribution in [0.4, 0.5) is 0 Å². The Bertz CT molecular complexity index is 305. The number of aliphatic hydroxyl groups is 1. The lowest BCUT2D eigenvalue weighted by atomic mass is 9.85. The molecular formula is C25H50O2S. The highest BCUT2D eigenvalue weighted by Crippen LogP contribution is 2.28. The largest absolute Gasteiger partial charge is 0.394 e. The van der Waals surface area contributed by atoms with Gasteiger partial charge in [-0.1, -0.05) is 110 Å². The van der Waals surface area contributed by atoms with E-state index in [1.165, 1.54) is 115 Å². The van der Waals surface area contributed by atoms with Gasteiger partial charge in [0.2, 0.25) is 0 Å². The van der Waals surface area contributed by atoms with Crippen molar-refractivity contribution in [2.75, 3.05) is 24.7 Å². The standard InChI is InChI=1S/C25H50O2S/c1-2-3-4-5-6-7-9-15-20-27-25(22-26)23-28-21-16-10-8-12-17-24-18-13-11-14-19-24/h24-26H,2-23H2,1H3/t25-/m0/s1. The van der Waals surface area contributed by atoms with Crippen molar-refractivity contribution in [2.45, 2.75) is 129 Å². The summed E-state index contributed by atoms with van der Waals surface area (Å²) in [5.74, 6) is 3.23. The summed E-state index contributed by atoms with van der Waals surface area (Å²) in [6.07, 6.45) is 25.2. The van der Waals surface area contributed by atoms with Gasteiger partial charge in [0.05, 0.1) is 12.7 Å². The maximum absolute atomic E-state index is 9.51. The van der Waals surface area contributed by atoms with Gasteiger partial charge in [-0.25, -0.2) is 0 Å². The molecule has 1 aliphatic carbocycles. The lowest BCUT2D eigenvalue weighted by Crippen LogP contribution is -2.21. The third-order valence-corrected chi connectivity index (χ3v) is 7.42. The maximum Gasteiger partial charge on any atom is 0.0895 e. The second kappa shape index (κ2) is 20.5. The number of ether oxygens (including phenoxy) is 1. The first-order valence-electron chi connectivity index (χ1n) is 12.7. The number of rotatable bonds is 20. The average molecular weight is 415 g/mol. The average Bonchev–Trinajstić information content (AvgIpc) is 2.73. The minimum absolute atomic E-state index is 0.0425. The van der Waals surface area contributed by atoms with Gasteiger partial charge in [0.15, 0.2) is 0 Å². The van der Waals surface area contributed by atoms with E-state index in [0.717, 1.165) is 24.7 Å². The lowest BCUT2D eigenvalue weighted by molar-refractivity contribution is 0.0260. The minimum Gasteiger partial charge on any atom is -0.394 e.